The van der Waals surface area contributed by atoms with Gasteiger partial charge in [0.1, 0.15) is 11.8 Å². The van der Waals surface area contributed by atoms with E-state index in [1.54, 1.807) is 55.6 Å². The lowest BCUT2D eigenvalue weighted by Crippen LogP contribution is -2.44. The summed E-state index contributed by atoms with van der Waals surface area (Å²) in [6.07, 6.45) is 3.78. The first-order chi connectivity index (χ1) is 17.0. The van der Waals surface area contributed by atoms with Crippen molar-refractivity contribution in [3.8, 4) is 5.75 Å². The summed E-state index contributed by atoms with van der Waals surface area (Å²) >= 11 is 6.39. The Morgan fingerprint density at radius 3 is 2.31 bits per heavy atom. The van der Waals surface area contributed by atoms with Gasteiger partial charge in [-0.2, -0.15) is 0 Å². The molecule has 3 aromatic carbocycles. The third-order valence-electron chi connectivity index (χ3n) is 7.20. The largest absolute Gasteiger partial charge is 0.497 e. The van der Waals surface area contributed by atoms with Gasteiger partial charge < -0.3 is 9.64 Å². The highest BCUT2D eigenvalue weighted by molar-refractivity contribution is 6.36. The highest BCUT2D eigenvalue weighted by Gasteiger charge is 2.64. The van der Waals surface area contributed by atoms with Crippen LogP contribution in [0.2, 0.25) is 5.02 Å². The number of nitrogens with zero attached hydrogens (tertiary/aromatic N) is 2. The van der Waals surface area contributed by atoms with Crippen molar-refractivity contribution in [2.45, 2.75) is 12.1 Å². The van der Waals surface area contributed by atoms with Crippen molar-refractivity contribution in [1.82, 2.24) is 4.90 Å². The number of carbonyl (C=O) groups is 3. The molecule has 3 heterocycles. The van der Waals surface area contributed by atoms with Crippen LogP contribution < -0.4 is 9.64 Å². The SMILES string of the molecule is COc1ccc(C(=O)[C@@H]2[C@@H]3C(=O)N(c4ccccc4Cl)C(=O)[C@@H]3C3c4ccccc4C=CN32)cc1. The van der Waals surface area contributed by atoms with Crippen LogP contribution in [-0.2, 0) is 9.59 Å². The van der Waals surface area contributed by atoms with Gasteiger partial charge in [-0.1, -0.05) is 48.0 Å². The van der Waals surface area contributed by atoms with Gasteiger partial charge in [0.2, 0.25) is 11.8 Å². The molecule has 0 N–H and O–H groups in total. The first-order valence-electron chi connectivity index (χ1n) is 11.4. The first-order valence-corrected chi connectivity index (χ1v) is 11.7. The molecule has 7 heteroatoms. The van der Waals surface area contributed by atoms with Gasteiger partial charge in [-0.05, 0) is 53.6 Å². The molecule has 2 saturated heterocycles. The molecule has 3 aliphatic heterocycles. The topological polar surface area (TPSA) is 66.9 Å². The summed E-state index contributed by atoms with van der Waals surface area (Å²) in [5.41, 5.74) is 2.71. The van der Waals surface area contributed by atoms with Gasteiger partial charge in [-0.15, -0.1) is 0 Å². The van der Waals surface area contributed by atoms with E-state index in [2.05, 4.69) is 0 Å². The lowest BCUT2D eigenvalue weighted by atomic mass is 9.83. The Kier molecular flexibility index (Phi) is 5.00. The molecule has 3 aromatic rings. The molecule has 0 radical (unpaired) electrons. The van der Waals surface area contributed by atoms with Crippen molar-refractivity contribution in [1.29, 1.82) is 0 Å². The number of fused-ring (bicyclic) bond motifs is 5. The summed E-state index contributed by atoms with van der Waals surface area (Å²) in [6, 6.07) is 20.1. The zero-order valence-corrected chi connectivity index (χ0v) is 19.6. The number of methoxy groups -OCH3 is 1. The van der Waals surface area contributed by atoms with Crippen LogP contribution >= 0.6 is 11.6 Å². The molecule has 0 saturated carbocycles. The van der Waals surface area contributed by atoms with Crippen LogP contribution in [0, 0.1) is 11.8 Å². The van der Waals surface area contributed by atoms with E-state index in [0.717, 1.165) is 11.1 Å². The van der Waals surface area contributed by atoms with Gasteiger partial charge in [-0.3, -0.25) is 14.4 Å². The minimum absolute atomic E-state index is 0.212. The third kappa shape index (κ3) is 3.13. The molecule has 0 bridgehead atoms. The van der Waals surface area contributed by atoms with Gasteiger partial charge in [-0.25, -0.2) is 4.90 Å². The molecule has 6 rings (SSSR count). The molecule has 35 heavy (non-hydrogen) atoms. The fraction of sp³-hybridized carbons (Fsp3) is 0.179. The number of anilines is 1. The van der Waals surface area contributed by atoms with Gasteiger partial charge in [0, 0.05) is 11.8 Å². The van der Waals surface area contributed by atoms with Crippen molar-refractivity contribution < 1.29 is 19.1 Å². The van der Waals surface area contributed by atoms with Crippen LogP contribution in [0.1, 0.15) is 27.5 Å². The van der Waals surface area contributed by atoms with E-state index in [9.17, 15) is 14.4 Å². The van der Waals surface area contributed by atoms with Crippen molar-refractivity contribution in [2.24, 2.45) is 11.8 Å². The van der Waals surface area contributed by atoms with Crippen molar-refractivity contribution in [3.05, 3.63) is 101 Å². The first kappa shape index (κ1) is 21.6. The number of halogens is 1. The summed E-state index contributed by atoms with van der Waals surface area (Å²) in [4.78, 5) is 44.7. The number of imide groups is 1. The minimum atomic E-state index is -0.839. The maximum absolute atomic E-state index is 13.9. The molecule has 2 fully saturated rings. The number of hydrogen-bond donors (Lipinski definition) is 0. The zero-order valence-electron chi connectivity index (χ0n) is 18.8. The Hall–Kier alpha value is -3.90. The summed E-state index contributed by atoms with van der Waals surface area (Å²) in [5.74, 6) is -1.87. The van der Waals surface area contributed by atoms with Gasteiger partial charge >= 0.3 is 0 Å². The molecular formula is C28H21ClN2O4. The predicted octanol–water partition coefficient (Wildman–Crippen LogP) is 4.75. The maximum atomic E-state index is 13.9. The lowest BCUT2D eigenvalue weighted by molar-refractivity contribution is -0.123. The Bertz CT molecular complexity index is 1400. The number of amides is 2. The van der Waals surface area contributed by atoms with E-state index in [-0.39, 0.29) is 11.7 Å². The van der Waals surface area contributed by atoms with Crippen LogP contribution in [-0.4, -0.2) is 35.6 Å². The fourth-order valence-electron chi connectivity index (χ4n) is 5.65. The quantitative estimate of drug-likeness (QED) is 0.395. The van der Waals surface area contributed by atoms with Crippen LogP contribution in [0.15, 0.2) is 79.0 Å². The van der Waals surface area contributed by atoms with Gasteiger partial charge in [0.15, 0.2) is 5.78 Å². The van der Waals surface area contributed by atoms with E-state index in [4.69, 9.17) is 16.3 Å². The molecule has 0 aromatic heterocycles. The van der Waals surface area contributed by atoms with Crippen LogP contribution in [0.4, 0.5) is 5.69 Å². The summed E-state index contributed by atoms with van der Waals surface area (Å²) in [7, 11) is 1.56. The molecule has 0 spiro atoms. The molecular weight excluding hydrogens is 464 g/mol. The number of Topliss-reactive ketones (excluding diaryl/α,β-unsaturated/α-hetero) is 1. The smallest absolute Gasteiger partial charge is 0.240 e. The monoisotopic (exact) mass is 484 g/mol. The van der Waals surface area contributed by atoms with E-state index >= 15 is 0 Å². The van der Waals surface area contributed by atoms with Gasteiger partial charge in [0.05, 0.1) is 35.7 Å². The number of rotatable bonds is 4. The number of benzene rings is 3. The molecule has 3 aliphatic rings. The van der Waals surface area contributed by atoms with Crippen molar-refractivity contribution in [3.63, 3.8) is 0 Å². The summed E-state index contributed by atoms with van der Waals surface area (Å²) < 4.78 is 5.22. The van der Waals surface area contributed by atoms with Gasteiger partial charge in [0.25, 0.3) is 0 Å². The standard InChI is InChI=1S/C28H21ClN2O4/c1-35-18-12-10-17(11-13-18)26(32)25-23-22(24-19-7-3-2-6-16(19)14-15-30(24)25)27(33)31(28(23)34)21-9-5-4-8-20(21)29/h2-15,22-25H,1H3/t22-,23+,24?,25-/m0/s1. The normalized spacial score (nSPS) is 24.3. The number of ether oxygens (including phenoxy) is 1. The number of ketones is 1. The summed E-state index contributed by atoms with van der Waals surface area (Å²) in [6.45, 7) is 0. The third-order valence-corrected chi connectivity index (χ3v) is 7.52. The highest BCUT2D eigenvalue weighted by Crippen LogP contribution is 2.54. The number of hydrogen-bond acceptors (Lipinski definition) is 5. The van der Waals surface area contributed by atoms with Crippen LogP contribution in [0.3, 0.4) is 0 Å². The van der Waals surface area contributed by atoms with Crippen LogP contribution in [0.5, 0.6) is 5.75 Å². The molecule has 0 aliphatic carbocycles. The molecule has 2 amide bonds. The molecule has 174 valence electrons. The lowest BCUT2D eigenvalue weighted by Gasteiger charge is -2.35. The molecule has 4 atom stereocenters. The highest BCUT2D eigenvalue weighted by atomic mass is 35.5. The Morgan fingerprint density at radius 2 is 1.57 bits per heavy atom. The Balaban J connectivity index is 1.49. The minimum Gasteiger partial charge on any atom is -0.497 e. The Morgan fingerprint density at radius 1 is 0.886 bits per heavy atom. The summed E-state index contributed by atoms with van der Waals surface area (Å²) in [5, 5.41) is 0.313. The van der Waals surface area contributed by atoms with E-state index < -0.39 is 29.8 Å². The number of carbonyl (C=O) groups excluding carboxylic acids is 3. The average molecular weight is 485 g/mol. The fourth-order valence-corrected chi connectivity index (χ4v) is 5.87. The van der Waals surface area contributed by atoms with Crippen LogP contribution in [0.25, 0.3) is 6.08 Å². The second kappa shape index (κ2) is 8.10. The van der Waals surface area contributed by atoms with Crippen molar-refractivity contribution in [2.75, 3.05) is 12.0 Å². The van der Waals surface area contributed by atoms with E-state index in [1.807, 2.05) is 41.4 Å². The Labute approximate surface area is 207 Å². The number of para-hydroxylation sites is 1. The second-order valence-electron chi connectivity index (χ2n) is 8.89. The van der Waals surface area contributed by atoms with E-state index in [0.29, 0.717) is 22.0 Å². The maximum Gasteiger partial charge on any atom is 0.240 e. The predicted molar refractivity (Wildman–Crippen MR) is 132 cm³/mol. The van der Waals surface area contributed by atoms with E-state index in [1.165, 1.54) is 4.90 Å². The molecule has 6 nitrogen and oxygen atoms in total. The molecule has 1 unspecified atom stereocenters. The second-order valence-corrected chi connectivity index (χ2v) is 9.30. The van der Waals surface area contributed by atoms with Crippen molar-refractivity contribution >= 4 is 41.0 Å². The zero-order chi connectivity index (χ0) is 24.3. The average Bonchev–Trinajstić information content (AvgIpc) is 3.36.